The molecule has 1 aliphatic carbocycles. The number of aliphatic hydroxyl groups is 1. The summed E-state index contributed by atoms with van der Waals surface area (Å²) < 4.78 is 0. The normalized spacial score (nSPS) is 24.3. The Morgan fingerprint density at radius 2 is 1.69 bits per heavy atom. The van der Waals surface area contributed by atoms with Crippen molar-refractivity contribution in [1.29, 1.82) is 0 Å². The zero-order valence-electron chi connectivity index (χ0n) is 15.4. The van der Waals surface area contributed by atoms with Gasteiger partial charge in [0, 0.05) is 37.4 Å². The van der Waals surface area contributed by atoms with Crippen molar-refractivity contribution in [2.45, 2.75) is 44.4 Å². The number of amides is 2. The Balaban J connectivity index is 1.60. The van der Waals surface area contributed by atoms with Crippen LogP contribution in [0.2, 0.25) is 0 Å². The summed E-state index contributed by atoms with van der Waals surface area (Å²) in [6.45, 7) is 2.07. The predicted octanol–water partition coefficient (Wildman–Crippen LogP) is 2.31. The molecule has 0 bridgehead atoms. The zero-order valence-corrected chi connectivity index (χ0v) is 15.4. The number of nitrogens with zero attached hydrogens (tertiary/aromatic N) is 1. The molecule has 0 radical (unpaired) electrons. The summed E-state index contributed by atoms with van der Waals surface area (Å²) in [7, 11) is 0. The second-order valence-electron chi connectivity index (χ2n) is 7.57. The minimum atomic E-state index is -0.230. The van der Waals surface area contributed by atoms with E-state index in [2.05, 4.69) is 5.32 Å². The van der Waals surface area contributed by atoms with Crippen LogP contribution in [0.3, 0.4) is 0 Å². The molecule has 2 amide bonds. The number of nitrogens with one attached hydrogen (secondary N) is 1. The summed E-state index contributed by atoms with van der Waals surface area (Å²) in [5, 5.41) is 12.7. The highest BCUT2D eigenvalue weighted by Gasteiger charge is 2.38. The van der Waals surface area contributed by atoms with Crippen LogP contribution in [-0.4, -0.2) is 48.1 Å². The third kappa shape index (κ3) is 4.44. The number of carbonyl (C=O) groups excluding carboxylic acids is 2. The van der Waals surface area contributed by atoms with Crippen molar-refractivity contribution in [2.24, 2.45) is 11.8 Å². The molecule has 1 saturated heterocycles. The van der Waals surface area contributed by atoms with Gasteiger partial charge in [-0.1, -0.05) is 43.2 Å². The summed E-state index contributed by atoms with van der Waals surface area (Å²) in [5.41, 5.74) is 1.02. The topological polar surface area (TPSA) is 69.6 Å². The Hall–Kier alpha value is -1.88. The largest absolute Gasteiger partial charge is 0.396 e. The highest BCUT2D eigenvalue weighted by atomic mass is 16.3. The van der Waals surface area contributed by atoms with Crippen LogP contribution in [0.1, 0.15) is 50.0 Å². The van der Waals surface area contributed by atoms with Crippen LogP contribution >= 0.6 is 0 Å². The third-order valence-corrected chi connectivity index (χ3v) is 5.85. The van der Waals surface area contributed by atoms with Crippen LogP contribution in [0.15, 0.2) is 30.3 Å². The first kappa shape index (κ1) is 18.9. The fraction of sp³-hybridized carbons (Fsp3) is 0.619. The van der Waals surface area contributed by atoms with E-state index in [-0.39, 0.29) is 36.2 Å². The van der Waals surface area contributed by atoms with E-state index < -0.39 is 0 Å². The number of carbonyl (C=O) groups is 2. The molecule has 3 rings (SSSR count). The van der Waals surface area contributed by atoms with Gasteiger partial charge in [0.15, 0.2) is 0 Å². The van der Waals surface area contributed by atoms with E-state index in [1.165, 1.54) is 0 Å². The first-order chi connectivity index (χ1) is 12.7. The molecule has 142 valence electrons. The van der Waals surface area contributed by atoms with E-state index in [1.807, 2.05) is 35.2 Å². The molecule has 5 heteroatoms. The molecular formula is C21H30N2O3. The van der Waals surface area contributed by atoms with Crippen LogP contribution in [0.5, 0.6) is 0 Å². The highest BCUT2D eigenvalue weighted by Crippen LogP contribution is 2.32. The number of benzene rings is 1. The van der Waals surface area contributed by atoms with Gasteiger partial charge < -0.3 is 15.3 Å². The molecule has 2 N–H and O–H groups in total. The van der Waals surface area contributed by atoms with Gasteiger partial charge in [-0.25, -0.2) is 0 Å². The van der Waals surface area contributed by atoms with Crippen LogP contribution in [0.25, 0.3) is 0 Å². The maximum Gasteiger partial charge on any atom is 0.226 e. The minimum Gasteiger partial charge on any atom is -0.396 e. The van der Waals surface area contributed by atoms with Crippen molar-refractivity contribution >= 4 is 11.8 Å². The molecule has 0 aromatic heterocycles. The molecule has 1 aliphatic heterocycles. The maximum absolute atomic E-state index is 12.8. The van der Waals surface area contributed by atoms with Gasteiger partial charge in [-0.2, -0.15) is 0 Å². The predicted molar refractivity (Wildman–Crippen MR) is 101 cm³/mol. The van der Waals surface area contributed by atoms with Crippen molar-refractivity contribution in [3.05, 3.63) is 35.9 Å². The fourth-order valence-corrected chi connectivity index (χ4v) is 4.28. The van der Waals surface area contributed by atoms with Crippen LogP contribution in [0, 0.1) is 11.8 Å². The summed E-state index contributed by atoms with van der Waals surface area (Å²) >= 11 is 0. The fourth-order valence-electron chi connectivity index (χ4n) is 4.28. The number of hydrogen-bond acceptors (Lipinski definition) is 3. The number of likely N-dealkylation sites (tertiary alicyclic amines) is 1. The molecule has 1 aromatic carbocycles. The standard InChI is InChI=1S/C21H30N2O3/c24-15-17(16-8-2-1-3-9-16)14-22-20(25)18-10-4-5-11-19(18)21(26)23-12-6-7-13-23/h1-3,8-9,17-19,24H,4-7,10-15H2,(H,22,25). The lowest BCUT2D eigenvalue weighted by Gasteiger charge is -2.32. The zero-order chi connectivity index (χ0) is 18.4. The van der Waals surface area contributed by atoms with Gasteiger partial charge in [0.05, 0.1) is 6.61 Å². The van der Waals surface area contributed by atoms with Crippen molar-refractivity contribution in [3.63, 3.8) is 0 Å². The first-order valence-electron chi connectivity index (χ1n) is 9.93. The summed E-state index contributed by atoms with van der Waals surface area (Å²) in [6.07, 6.45) is 5.77. The van der Waals surface area contributed by atoms with Crippen LogP contribution in [0.4, 0.5) is 0 Å². The summed E-state index contributed by atoms with van der Waals surface area (Å²) in [4.78, 5) is 27.6. The first-order valence-corrected chi connectivity index (χ1v) is 9.93. The lowest BCUT2D eigenvalue weighted by Crippen LogP contribution is -2.45. The van der Waals surface area contributed by atoms with Gasteiger partial charge in [-0.3, -0.25) is 9.59 Å². The van der Waals surface area contributed by atoms with Crippen LogP contribution in [-0.2, 0) is 9.59 Å². The summed E-state index contributed by atoms with van der Waals surface area (Å²) in [6, 6.07) is 9.74. The third-order valence-electron chi connectivity index (χ3n) is 5.85. The molecular weight excluding hydrogens is 328 g/mol. The Morgan fingerprint density at radius 1 is 1.04 bits per heavy atom. The molecule has 1 saturated carbocycles. The van der Waals surface area contributed by atoms with E-state index >= 15 is 0 Å². The van der Waals surface area contributed by atoms with Crippen molar-refractivity contribution in [1.82, 2.24) is 10.2 Å². The van der Waals surface area contributed by atoms with Crippen molar-refractivity contribution in [2.75, 3.05) is 26.2 Å². The van der Waals surface area contributed by atoms with E-state index in [1.54, 1.807) is 0 Å². The molecule has 1 aromatic rings. The van der Waals surface area contributed by atoms with Crippen molar-refractivity contribution in [3.8, 4) is 0 Å². The monoisotopic (exact) mass is 358 g/mol. The Kier molecular flexibility index (Phi) is 6.67. The lowest BCUT2D eigenvalue weighted by atomic mass is 9.77. The van der Waals surface area contributed by atoms with Gasteiger partial charge in [0.1, 0.15) is 0 Å². The number of rotatable bonds is 6. The van der Waals surface area contributed by atoms with Gasteiger partial charge >= 0.3 is 0 Å². The van der Waals surface area contributed by atoms with Crippen LogP contribution < -0.4 is 5.32 Å². The van der Waals surface area contributed by atoms with Gasteiger partial charge in [-0.15, -0.1) is 0 Å². The van der Waals surface area contributed by atoms with E-state index in [4.69, 9.17) is 0 Å². The highest BCUT2D eigenvalue weighted by molar-refractivity contribution is 5.88. The SMILES string of the molecule is O=C(NCC(CO)c1ccccc1)C1CCCCC1C(=O)N1CCCC1. The number of aliphatic hydroxyl groups excluding tert-OH is 1. The molecule has 3 atom stereocenters. The second kappa shape index (κ2) is 9.17. The molecule has 0 spiro atoms. The second-order valence-corrected chi connectivity index (χ2v) is 7.57. The van der Waals surface area contributed by atoms with Gasteiger partial charge in [0.25, 0.3) is 0 Å². The molecule has 1 heterocycles. The Bertz CT molecular complexity index is 599. The molecule has 2 fully saturated rings. The molecule has 2 aliphatic rings. The smallest absolute Gasteiger partial charge is 0.226 e. The van der Waals surface area contributed by atoms with E-state index in [9.17, 15) is 14.7 Å². The maximum atomic E-state index is 12.8. The molecule has 3 unspecified atom stereocenters. The molecule has 26 heavy (non-hydrogen) atoms. The van der Waals surface area contributed by atoms with Gasteiger partial charge in [0.2, 0.25) is 11.8 Å². The molecule has 5 nitrogen and oxygen atoms in total. The van der Waals surface area contributed by atoms with Gasteiger partial charge in [-0.05, 0) is 31.2 Å². The van der Waals surface area contributed by atoms with E-state index in [0.29, 0.717) is 6.54 Å². The summed E-state index contributed by atoms with van der Waals surface area (Å²) in [5.74, 6) is -0.379. The quantitative estimate of drug-likeness (QED) is 0.820. The number of hydrogen-bond donors (Lipinski definition) is 2. The van der Waals surface area contributed by atoms with Crippen molar-refractivity contribution < 1.29 is 14.7 Å². The average molecular weight is 358 g/mol. The average Bonchev–Trinajstić information content (AvgIpc) is 3.23. The lowest BCUT2D eigenvalue weighted by molar-refractivity contribution is -0.142. The Morgan fingerprint density at radius 3 is 2.35 bits per heavy atom. The Labute approximate surface area is 155 Å². The minimum absolute atomic E-state index is 0.00883. The van der Waals surface area contributed by atoms with E-state index in [0.717, 1.165) is 57.2 Å².